The number of carboxylic acids is 1. The first-order valence-electron chi connectivity index (χ1n) is 6.32. The molecule has 106 valence electrons. The van der Waals surface area contributed by atoms with Gasteiger partial charge in [0.1, 0.15) is 0 Å². The van der Waals surface area contributed by atoms with E-state index in [0.29, 0.717) is 0 Å². The molecular weight excluding hydrogens is 445 g/mol. The first kappa shape index (κ1) is 14.6. The summed E-state index contributed by atoms with van der Waals surface area (Å²) in [6.45, 7) is 0. The Morgan fingerprint density at radius 1 is 1.24 bits per heavy atom. The van der Waals surface area contributed by atoms with Crippen molar-refractivity contribution in [3.05, 3.63) is 56.1 Å². The molecule has 3 nitrogen and oxygen atoms in total. The van der Waals surface area contributed by atoms with Crippen LogP contribution in [0, 0.1) is 3.57 Å². The number of nitrogens with one attached hydrogen (secondary N) is 1. The highest BCUT2D eigenvalue weighted by atomic mass is 127. The summed E-state index contributed by atoms with van der Waals surface area (Å²) in [5, 5.41) is 10.2. The second-order valence-corrected chi connectivity index (χ2v) is 6.91. The normalized spacial score (nSPS) is 11.0. The zero-order valence-corrected chi connectivity index (χ0v) is 14.6. The predicted octanol–water partition coefficient (Wildman–Crippen LogP) is 4.83. The number of hydrogen-bond acceptors (Lipinski definition) is 1. The Morgan fingerprint density at radius 3 is 2.76 bits per heavy atom. The molecule has 0 atom stereocenters. The highest BCUT2D eigenvalue weighted by Gasteiger charge is 2.16. The lowest BCUT2D eigenvalue weighted by atomic mass is 10.0. The summed E-state index contributed by atoms with van der Waals surface area (Å²) in [6, 6.07) is 13.9. The molecule has 0 radical (unpaired) electrons. The van der Waals surface area contributed by atoms with E-state index < -0.39 is 5.97 Å². The van der Waals surface area contributed by atoms with Crippen molar-refractivity contribution in [2.75, 3.05) is 0 Å². The highest BCUT2D eigenvalue weighted by molar-refractivity contribution is 14.1. The summed E-state index contributed by atoms with van der Waals surface area (Å²) in [7, 11) is 0. The molecule has 3 aromatic rings. The van der Waals surface area contributed by atoms with Gasteiger partial charge in [0.15, 0.2) is 0 Å². The molecule has 0 aliphatic heterocycles. The summed E-state index contributed by atoms with van der Waals surface area (Å²) in [4.78, 5) is 14.6. The molecule has 0 fully saturated rings. The van der Waals surface area contributed by atoms with Crippen LogP contribution in [0.15, 0.2) is 46.9 Å². The standard InChI is InChI=1S/C16H11BrINO2/c17-10-3-1-2-9(6-10)16-13(8-15(20)21)12-7-11(18)4-5-14(12)19-16/h1-7,19H,8H2,(H,20,21). The van der Waals surface area contributed by atoms with Gasteiger partial charge in [-0.2, -0.15) is 0 Å². The van der Waals surface area contributed by atoms with E-state index in [4.69, 9.17) is 0 Å². The smallest absolute Gasteiger partial charge is 0.307 e. The van der Waals surface area contributed by atoms with Gasteiger partial charge >= 0.3 is 5.97 Å². The topological polar surface area (TPSA) is 53.1 Å². The number of carbonyl (C=O) groups is 1. The van der Waals surface area contributed by atoms with Gasteiger partial charge in [0, 0.05) is 18.9 Å². The molecule has 5 heteroatoms. The third-order valence-electron chi connectivity index (χ3n) is 3.31. The van der Waals surface area contributed by atoms with E-state index in [1.807, 2.05) is 42.5 Å². The van der Waals surface area contributed by atoms with Gasteiger partial charge in [0.25, 0.3) is 0 Å². The average molecular weight is 456 g/mol. The molecule has 0 saturated carbocycles. The number of fused-ring (bicyclic) bond motifs is 1. The van der Waals surface area contributed by atoms with Crippen molar-refractivity contribution in [2.45, 2.75) is 6.42 Å². The van der Waals surface area contributed by atoms with Crippen molar-refractivity contribution in [2.24, 2.45) is 0 Å². The minimum absolute atomic E-state index is 0.00192. The molecule has 21 heavy (non-hydrogen) atoms. The number of carboxylic acid groups (broad SMARTS) is 1. The monoisotopic (exact) mass is 455 g/mol. The zero-order chi connectivity index (χ0) is 15.0. The summed E-state index contributed by atoms with van der Waals surface area (Å²) in [5.41, 5.74) is 3.64. The van der Waals surface area contributed by atoms with Crippen molar-refractivity contribution >= 4 is 55.4 Å². The lowest BCUT2D eigenvalue weighted by molar-refractivity contribution is -0.136. The van der Waals surface area contributed by atoms with Crippen molar-refractivity contribution in [3.63, 3.8) is 0 Å². The number of benzene rings is 2. The zero-order valence-electron chi connectivity index (χ0n) is 10.9. The van der Waals surface area contributed by atoms with Crippen LogP contribution in [-0.4, -0.2) is 16.1 Å². The molecule has 0 bridgehead atoms. The summed E-state index contributed by atoms with van der Waals surface area (Å²) < 4.78 is 2.06. The van der Waals surface area contributed by atoms with Crippen LogP contribution in [0.25, 0.3) is 22.2 Å². The van der Waals surface area contributed by atoms with Gasteiger partial charge in [-0.25, -0.2) is 0 Å². The van der Waals surface area contributed by atoms with E-state index in [1.54, 1.807) is 0 Å². The maximum absolute atomic E-state index is 11.2. The SMILES string of the molecule is O=C(O)Cc1c(-c2cccc(Br)c2)[nH]c2ccc(I)cc12. The minimum Gasteiger partial charge on any atom is -0.481 e. The van der Waals surface area contributed by atoms with E-state index in [0.717, 1.165) is 35.8 Å². The molecule has 3 rings (SSSR count). The number of hydrogen-bond donors (Lipinski definition) is 2. The Balaban J connectivity index is 2.28. The molecule has 0 saturated heterocycles. The van der Waals surface area contributed by atoms with Gasteiger partial charge in [-0.05, 0) is 64.0 Å². The molecule has 2 N–H and O–H groups in total. The van der Waals surface area contributed by atoms with Crippen LogP contribution in [0.2, 0.25) is 0 Å². The van der Waals surface area contributed by atoms with Crippen molar-refractivity contribution in [3.8, 4) is 11.3 Å². The van der Waals surface area contributed by atoms with E-state index in [-0.39, 0.29) is 6.42 Å². The van der Waals surface area contributed by atoms with Crippen molar-refractivity contribution in [1.29, 1.82) is 0 Å². The van der Waals surface area contributed by atoms with Crippen LogP contribution in [0.4, 0.5) is 0 Å². The van der Waals surface area contributed by atoms with E-state index in [9.17, 15) is 9.90 Å². The maximum atomic E-state index is 11.2. The number of aliphatic carboxylic acids is 1. The first-order valence-corrected chi connectivity index (χ1v) is 8.19. The fraction of sp³-hybridized carbons (Fsp3) is 0.0625. The highest BCUT2D eigenvalue weighted by Crippen LogP contribution is 2.32. The Labute approximate surface area is 143 Å². The van der Waals surface area contributed by atoms with Gasteiger partial charge in [-0.15, -0.1) is 0 Å². The van der Waals surface area contributed by atoms with E-state index in [2.05, 4.69) is 43.5 Å². The average Bonchev–Trinajstić information content (AvgIpc) is 2.76. The largest absolute Gasteiger partial charge is 0.481 e. The Kier molecular flexibility index (Phi) is 4.03. The van der Waals surface area contributed by atoms with Gasteiger partial charge in [0.05, 0.1) is 12.1 Å². The second-order valence-electron chi connectivity index (χ2n) is 4.75. The number of aromatic nitrogens is 1. The Morgan fingerprint density at radius 2 is 2.05 bits per heavy atom. The minimum atomic E-state index is -0.828. The lowest BCUT2D eigenvalue weighted by Crippen LogP contribution is -2.01. The third-order valence-corrected chi connectivity index (χ3v) is 4.47. The van der Waals surface area contributed by atoms with Crippen molar-refractivity contribution < 1.29 is 9.90 Å². The van der Waals surface area contributed by atoms with E-state index in [1.165, 1.54) is 0 Å². The Bertz CT molecular complexity index is 841. The molecule has 0 aliphatic rings. The summed E-state index contributed by atoms with van der Waals surface area (Å²) >= 11 is 5.70. The van der Waals surface area contributed by atoms with E-state index >= 15 is 0 Å². The van der Waals surface area contributed by atoms with Crippen LogP contribution < -0.4 is 0 Å². The van der Waals surface area contributed by atoms with Crippen LogP contribution in [-0.2, 0) is 11.2 Å². The molecule has 2 aromatic carbocycles. The molecule has 0 aliphatic carbocycles. The summed E-state index contributed by atoms with van der Waals surface area (Å²) in [5.74, 6) is -0.828. The predicted molar refractivity (Wildman–Crippen MR) is 95.5 cm³/mol. The second kappa shape index (κ2) is 5.81. The van der Waals surface area contributed by atoms with Gasteiger partial charge in [-0.3, -0.25) is 4.79 Å². The first-order chi connectivity index (χ1) is 10.0. The van der Waals surface area contributed by atoms with Crippen molar-refractivity contribution in [1.82, 2.24) is 4.98 Å². The van der Waals surface area contributed by atoms with Crippen LogP contribution in [0.3, 0.4) is 0 Å². The Hall–Kier alpha value is -1.34. The number of halogens is 2. The molecule has 0 unspecified atom stereocenters. The summed E-state index contributed by atoms with van der Waals surface area (Å²) in [6.07, 6.45) is 0.00192. The number of aromatic amines is 1. The lowest BCUT2D eigenvalue weighted by Gasteiger charge is -2.03. The molecule has 0 amide bonds. The quantitative estimate of drug-likeness (QED) is 0.556. The molecule has 0 spiro atoms. The van der Waals surface area contributed by atoms with Crippen LogP contribution in [0.5, 0.6) is 0 Å². The number of H-pyrrole nitrogens is 1. The molecule has 1 aromatic heterocycles. The van der Waals surface area contributed by atoms with Gasteiger partial charge in [0.2, 0.25) is 0 Å². The van der Waals surface area contributed by atoms with Gasteiger partial charge in [-0.1, -0.05) is 28.1 Å². The van der Waals surface area contributed by atoms with Crippen LogP contribution in [0.1, 0.15) is 5.56 Å². The molecule has 1 heterocycles. The molecular formula is C16H11BrINO2. The third kappa shape index (κ3) is 2.98. The fourth-order valence-corrected chi connectivity index (χ4v) is 3.34. The van der Waals surface area contributed by atoms with Crippen LogP contribution >= 0.6 is 38.5 Å². The van der Waals surface area contributed by atoms with Gasteiger partial charge < -0.3 is 10.1 Å². The maximum Gasteiger partial charge on any atom is 0.307 e. The fourth-order valence-electron chi connectivity index (χ4n) is 2.45. The number of rotatable bonds is 3.